The van der Waals surface area contributed by atoms with E-state index in [-0.39, 0.29) is 25.2 Å². The van der Waals surface area contributed by atoms with Crippen LogP contribution in [0.3, 0.4) is 0 Å². The van der Waals surface area contributed by atoms with Crippen LogP contribution in [-0.4, -0.2) is 56.1 Å². The van der Waals surface area contributed by atoms with Gasteiger partial charge in [-0.05, 0) is 41.8 Å². The minimum Gasteiger partial charge on any atom is -0.377 e. The summed E-state index contributed by atoms with van der Waals surface area (Å²) in [6.45, 7) is -0.841. The van der Waals surface area contributed by atoms with Gasteiger partial charge in [-0.25, -0.2) is 22.2 Å². The minimum absolute atomic E-state index is 0.120. The van der Waals surface area contributed by atoms with Crippen LogP contribution < -0.4 is 0 Å². The first-order chi connectivity index (χ1) is 13.5. The second-order valence-corrected chi connectivity index (χ2v) is 8.36. The van der Waals surface area contributed by atoms with E-state index in [1.807, 2.05) is 0 Å². The molecule has 0 radical (unpaired) electrons. The van der Waals surface area contributed by atoms with Crippen molar-refractivity contribution in [1.29, 1.82) is 0 Å². The number of carbonyl (C=O) groups excluding carboxylic acids is 1. The van der Waals surface area contributed by atoms with Gasteiger partial charge in [0.1, 0.15) is 18.0 Å². The summed E-state index contributed by atoms with van der Waals surface area (Å²) in [6.07, 6.45) is 0.655. The number of tetrazole rings is 1. The van der Waals surface area contributed by atoms with E-state index in [2.05, 4.69) is 15.5 Å². The molecule has 1 aromatic heterocycles. The van der Waals surface area contributed by atoms with Crippen molar-refractivity contribution < 1.29 is 27.5 Å². The van der Waals surface area contributed by atoms with Crippen molar-refractivity contribution in [2.24, 2.45) is 10.8 Å². The van der Waals surface area contributed by atoms with Crippen LogP contribution in [0.5, 0.6) is 0 Å². The smallest absolute Gasteiger partial charge is 0.287 e. The van der Waals surface area contributed by atoms with Crippen LogP contribution >= 0.6 is 0 Å². The van der Waals surface area contributed by atoms with E-state index >= 15 is 8.78 Å². The number of alkyl halides is 2. The molecular weight excluding hydrogens is 394 g/mol. The fraction of sp³-hybridized carbons (Fsp3) is 0.556. The molecular formula is C18H19F4N5O2. The van der Waals surface area contributed by atoms with Crippen molar-refractivity contribution in [2.45, 2.75) is 37.3 Å². The van der Waals surface area contributed by atoms with E-state index in [1.165, 1.54) is 4.90 Å². The van der Waals surface area contributed by atoms with Crippen LogP contribution in [0, 0.1) is 22.5 Å². The summed E-state index contributed by atoms with van der Waals surface area (Å²) in [5.41, 5.74) is -6.34. The van der Waals surface area contributed by atoms with Crippen molar-refractivity contribution in [1.82, 2.24) is 25.1 Å². The summed E-state index contributed by atoms with van der Waals surface area (Å²) in [5.74, 6) is -6.34. The molecule has 2 bridgehead atoms. The lowest BCUT2D eigenvalue weighted by Gasteiger charge is -2.73. The molecule has 156 valence electrons. The van der Waals surface area contributed by atoms with Crippen LogP contribution in [-0.2, 0) is 16.9 Å². The Hall–Kier alpha value is -2.56. The molecule has 29 heavy (non-hydrogen) atoms. The number of nitrogens with zero attached hydrogens (tertiary/aromatic N) is 5. The maximum atomic E-state index is 15.8. The van der Waals surface area contributed by atoms with Gasteiger partial charge in [-0.1, -0.05) is 0 Å². The first-order valence-electron chi connectivity index (χ1n) is 8.95. The molecule has 11 heteroatoms. The van der Waals surface area contributed by atoms with Gasteiger partial charge in [0, 0.05) is 31.1 Å². The molecule has 0 unspecified atom stereocenters. The second kappa shape index (κ2) is 5.97. The quantitative estimate of drug-likeness (QED) is 0.730. The van der Waals surface area contributed by atoms with E-state index < -0.39 is 46.1 Å². The minimum atomic E-state index is -3.83. The maximum absolute atomic E-state index is 15.8. The Morgan fingerprint density at radius 2 is 1.93 bits per heavy atom. The molecule has 3 aliphatic carbocycles. The molecule has 1 aromatic carbocycles. The number of amides is 1. The Kier molecular flexibility index (Phi) is 4.07. The average Bonchev–Trinajstić information content (AvgIpc) is 3.04. The van der Waals surface area contributed by atoms with Crippen LogP contribution in [0.1, 0.15) is 24.8 Å². The second-order valence-electron chi connectivity index (χ2n) is 8.36. The Bertz CT molecular complexity index is 945. The third-order valence-corrected chi connectivity index (χ3v) is 6.23. The molecule has 3 saturated carbocycles. The predicted octanol–water partition coefficient (Wildman–Crippen LogP) is 1.73. The van der Waals surface area contributed by atoms with E-state index in [1.54, 1.807) is 14.1 Å². The Morgan fingerprint density at radius 3 is 2.45 bits per heavy atom. The van der Waals surface area contributed by atoms with Gasteiger partial charge >= 0.3 is 0 Å². The monoisotopic (exact) mass is 413 g/mol. The summed E-state index contributed by atoms with van der Waals surface area (Å²) in [4.78, 5) is 13.7. The number of hydrogen-bond donors (Lipinski definition) is 1. The molecule has 3 fully saturated rings. The number of hydrogen-bond acceptors (Lipinski definition) is 5. The predicted molar refractivity (Wildman–Crippen MR) is 90.4 cm³/mol. The lowest BCUT2D eigenvalue weighted by atomic mass is 9.31. The molecule has 5 rings (SSSR count). The third kappa shape index (κ3) is 2.52. The first kappa shape index (κ1) is 19.7. The molecule has 0 spiro atoms. The summed E-state index contributed by atoms with van der Waals surface area (Å²) >= 11 is 0. The Morgan fingerprint density at radius 1 is 1.28 bits per heavy atom. The van der Waals surface area contributed by atoms with Gasteiger partial charge in [-0.15, -0.1) is 5.10 Å². The molecule has 0 aliphatic heterocycles. The number of aromatic nitrogens is 4. The van der Waals surface area contributed by atoms with Gasteiger partial charge < -0.3 is 10.0 Å². The normalized spacial score (nSPS) is 27.6. The highest BCUT2D eigenvalue weighted by Gasteiger charge is 2.84. The zero-order valence-corrected chi connectivity index (χ0v) is 15.7. The van der Waals surface area contributed by atoms with Crippen molar-refractivity contribution in [3.05, 3.63) is 41.7 Å². The molecule has 1 atom stereocenters. The van der Waals surface area contributed by atoms with E-state index in [0.717, 1.165) is 23.1 Å². The number of rotatable bonds is 6. The maximum Gasteiger partial charge on any atom is 0.287 e. The van der Waals surface area contributed by atoms with Crippen molar-refractivity contribution >= 4 is 5.91 Å². The SMILES string of the molecule is CN(C)C(=O)C12CC(C(F)(F)[C@@](O)(Cn3cnnn3)c3ccc(F)cc3F)(C1)C2. The molecule has 1 amide bonds. The van der Waals surface area contributed by atoms with Gasteiger partial charge in [0.05, 0.1) is 12.0 Å². The fourth-order valence-corrected chi connectivity index (χ4v) is 4.93. The highest BCUT2D eigenvalue weighted by atomic mass is 19.3. The lowest BCUT2D eigenvalue weighted by Crippen LogP contribution is -2.77. The average molecular weight is 413 g/mol. The third-order valence-electron chi connectivity index (χ3n) is 6.23. The summed E-state index contributed by atoms with van der Waals surface area (Å²) in [7, 11) is 3.10. The van der Waals surface area contributed by atoms with Gasteiger partial charge in [0.2, 0.25) is 5.91 Å². The van der Waals surface area contributed by atoms with Crippen molar-refractivity contribution in [3.8, 4) is 0 Å². The number of benzene rings is 1. The van der Waals surface area contributed by atoms with Gasteiger partial charge in [0.25, 0.3) is 5.92 Å². The molecule has 1 N–H and O–H groups in total. The molecule has 7 nitrogen and oxygen atoms in total. The Labute approximate surface area is 163 Å². The number of halogens is 4. The first-order valence-corrected chi connectivity index (χ1v) is 8.95. The van der Waals surface area contributed by atoms with E-state index in [0.29, 0.717) is 6.07 Å². The lowest BCUT2D eigenvalue weighted by molar-refractivity contribution is -0.360. The zero-order valence-electron chi connectivity index (χ0n) is 15.7. The van der Waals surface area contributed by atoms with Crippen LogP contribution in [0.15, 0.2) is 24.5 Å². The topological polar surface area (TPSA) is 84.1 Å². The molecule has 0 saturated heterocycles. The standard InChI is InChI=1S/C18H19F4N5O2/c1-26(2)14(28)15-6-16(7-15,8-15)18(21,22)17(29,9-27-10-23-24-25-27)12-4-3-11(19)5-13(12)20/h3-5,10,29H,6-9H2,1-2H3/t15?,16?,17-/m1/s1. The van der Waals surface area contributed by atoms with Crippen molar-refractivity contribution in [2.75, 3.05) is 14.1 Å². The zero-order chi connectivity index (χ0) is 21.2. The van der Waals surface area contributed by atoms with E-state index in [9.17, 15) is 18.7 Å². The van der Waals surface area contributed by atoms with Gasteiger partial charge in [-0.2, -0.15) is 0 Å². The van der Waals surface area contributed by atoms with Gasteiger partial charge in [-0.3, -0.25) is 4.79 Å². The van der Waals surface area contributed by atoms with Crippen LogP contribution in [0.4, 0.5) is 17.6 Å². The highest BCUT2D eigenvalue weighted by Crippen LogP contribution is 2.80. The number of carbonyl (C=O) groups is 1. The van der Waals surface area contributed by atoms with Crippen molar-refractivity contribution in [3.63, 3.8) is 0 Å². The molecule has 3 aliphatic rings. The molecule has 1 heterocycles. The highest BCUT2D eigenvalue weighted by molar-refractivity contribution is 5.86. The van der Waals surface area contributed by atoms with Crippen LogP contribution in [0.2, 0.25) is 0 Å². The van der Waals surface area contributed by atoms with Crippen LogP contribution in [0.25, 0.3) is 0 Å². The summed E-state index contributed by atoms with van der Waals surface area (Å²) in [6, 6.07) is 2.04. The van der Waals surface area contributed by atoms with E-state index in [4.69, 9.17) is 0 Å². The summed E-state index contributed by atoms with van der Waals surface area (Å²) in [5, 5.41) is 21.4. The fourth-order valence-electron chi connectivity index (χ4n) is 4.93. The largest absolute Gasteiger partial charge is 0.377 e. The summed E-state index contributed by atoms with van der Waals surface area (Å²) < 4.78 is 60.3. The van der Waals surface area contributed by atoms with Gasteiger partial charge in [0.15, 0.2) is 5.60 Å². The Balaban J connectivity index is 1.73. The molecule has 2 aromatic rings. The number of aliphatic hydroxyl groups is 1.